The van der Waals surface area contributed by atoms with Crippen LogP contribution in [0.3, 0.4) is 0 Å². The zero-order valence-electron chi connectivity index (χ0n) is 15.5. The van der Waals surface area contributed by atoms with Crippen LogP contribution >= 0.6 is 0 Å². The van der Waals surface area contributed by atoms with Crippen LogP contribution in [-0.4, -0.2) is 90.2 Å². The fourth-order valence-corrected chi connectivity index (χ4v) is 4.59. The maximum atomic E-state index is 12.0. The summed E-state index contributed by atoms with van der Waals surface area (Å²) in [6.07, 6.45) is 0. The molecule has 0 amide bonds. The molecule has 0 saturated carbocycles. The van der Waals surface area contributed by atoms with Crippen molar-refractivity contribution >= 4 is 112 Å². The van der Waals surface area contributed by atoms with E-state index in [0.717, 1.165) is 16.8 Å². The first kappa shape index (κ1) is 27.9. The van der Waals surface area contributed by atoms with Gasteiger partial charge >= 0.3 is 59.1 Å². The van der Waals surface area contributed by atoms with Gasteiger partial charge in [-0.05, 0) is 35.0 Å². The summed E-state index contributed by atoms with van der Waals surface area (Å²) in [5.41, 5.74) is 0.150. The van der Waals surface area contributed by atoms with E-state index in [1.165, 1.54) is 12.1 Å². The molecule has 4 aromatic rings. The van der Waals surface area contributed by atoms with Crippen molar-refractivity contribution in [2.24, 2.45) is 10.2 Å². The van der Waals surface area contributed by atoms with Gasteiger partial charge in [0, 0.05) is 10.8 Å². The average Bonchev–Trinajstić information content (AvgIpc) is 2.71. The molecule has 0 aliphatic heterocycles. The number of fused-ring (bicyclic) bond motifs is 2. The number of nitrogens with zero attached hydrogens (tertiary/aromatic N) is 2. The van der Waals surface area contributed by atoms with Crippen LogP contribution in [0.1, 0.15) is 0 Å². The van der Waals surface area contributed by atoms with Gasteiger partial charge in [-0.3, -0.25) is 9.11 Å². The van der Waals surface area contributed by atoms with E-state index in [0.29, 0.717) is 11.8 Å². The Labute approximate surface area is 233 Å². The molecule has 0 aliphatic carbocycles. The number of azo groups is 1. The minimum absolute atomic E-state index is 0. The van der Waals surface area contributed by atoms with E-state index in [1.54, 1.807) is 12.1 Å². The normalized spacial score (nSPS) is 11.9. The summed E-state index contributed by atoms with van der Waals surface area (Å²) in [7, 11) is -9.73. The first-order valence-electron chi connectivity index (χ1n) is 8.70. The second-order valence-corrected chi connectivity index (χ2v) is 9.41. The third-order valence-electron chi connectivity index (χ3n) is 4.61. The molecule has 33 heavy (non-hydrogen) atoms. The predicted molar refractivity (Wildman–Crippen MR) is 128 cm³/mol. The van der Waals surface area contributed by atoms with E-state index in [9.17, 15) is 31.0 Å². The van der Waals surface area contributed by atoms with Crippen LogP contribution in [0, 0.1) is 0 Å². The molecule has 4 rings (SSSR count). The Balaban J connectivity index is 0.00000193. The molecule has 13 heteroatoms. The summed E-state index contributed by atoms with van der Waals surface area (Å²) in [5.74, 6) is -0.444. The summed E-state index contributed by atoms with van der Waals surface area (Å²) >= 11 is 0. The number of benzene rings is 4. The molecule has 0 fully saturated rings. The van der Waals surface area contributed by atoms with E-state index in [4.69, 9.17) is 0 Å². The van der Waals surface area contributed by atoms with Crippen LogP contribution in [0.5, 0.6) is 5.75 Å². The summed E-state index contributed by atoms with van der Waals surface area (Å²) in [4.78, 5) is -1.59. The third kappa shape index (κ3) is 5.82. The monoisotopic (exact) mass is 506 g/mol. The molecule has 0 spiro atoms. The third-order valence-corrected chi connectivity index (χ3v) is 6.32. The van der Waals surface area contributed by atoms with Crippen LogP contribution in [0.25, 0.3) is 21.5 Å². The van der Waals surface area contributed by atoms with Crippen LogP contribution < -0.4 is 0 Å². The minimum atomic E-state index is -4.96. The quantitative estimate of drug-likeness (QED) is 0.218. The van der Waals surface area contributed by atoms with E-state index in [2.05, 4.69) is 10.2 Å². The Morgan fingerprint density at radius 1 is 0.697 bits per heavy atom. The predicted octanol–water partition coefficient (Wildman–Crippen LogP) is 3.31. The molecule has 162 valence electrons. The van der Waals surface area contributed by atoms with Crippen molar-refractivity contribution in [3.63, 3.8) is 0 Å². The Hall–Kier alpha value is -1.38. The standard InChI is InChI=1S/C20H14N2O7S2.2Na.2H/c23-17-9-8-13-10-14(30(24,25)26)11-18(31(27,28)29)19(13)20(17)22-21-16-7-3-5-12-4-1-2-6-15(12)16;;;;/h1-11,23H,(H,24,25,26)(H,27,28,29);;;;/b22-21+;;;;. The molecule has 0 atom stereocenters. The van der Waals surface area contributed by atoms with Gasteiger partial charge in [0.1, 0.15) is 16.3 Å². The number of phenolic OH excluding ortho intramolecular Hbond substituents is 1. The van der Waals surface area contributed by atoms with Crippen molar-refractivity contribution in [1.29, 1.82) is 0 Å². The molecule has 9 nitrogen and oxygen atoms in total. The van der Waals surface area contributed by atoms with E-state index in [-0.39, 0.29) is 75.6 Å². The zero-order valence-corrected chi connectivity index (χ0v) is 17.2. The van der Waals surface area contributed by atoms with Gasteiger partial charge in [0.15, 0.2) is 0 Å². The number of rotatable bonds is 4. The molecule has 0 bridgehead atoms. The first-order chi connectivity index (χ1) is 14.6. The number of hydrogen-bond donors (Lipinski definition) is 3. The summed E-state index contributed by atoms with van der Waals surface area (Å²) in [5, 5.41) is 19.8. The van der Waals surface area contributed by atoms with Crippen LogP contribution in [0.2, 0.25) is 0 Å². The van der Waals surface area contributed by atoms with Crippen molar-refractivity contribution < 1.29 is 31.0 Å². The average molecular weight is 506 g/mol. The van der Waals surface area contributed by atoms with Crippen molar-refractivity contribution in [3.8, 4) is 5.75 Å². The van der Waals surface area contributed by atoms with Gasteiger partial charge in [-0.15, -0.1) is 10.2 Å². The van der Waals surface area contributed by atoms with Crippen LogP contribution in [0.15, 0.2) is 86.7 Å². The molecule has 0 aromatic heterocycles. The van der Waals surface area contributed by atoms with Crippen molar-refractivity contribution in [3.05, 3.63) is 66.7 Å². The Morgan fingerprint density at radius 3 is 2.03 bits per heavy atom. The number of aromatic hydroxyl groups is 1. The SMILES string of the molecule is O=S(=O)(O)c1cc(S(=O)(=O)O)c2c(/N=N/c3cccc4ccccc34)c(O)ccc2c1.[NaH].[NaH]. The Morgan fingerprint density at radius 2 is 1.36 bits per heavy atom. The second kappa shape index (κ2) is 10.5. The molecule has 0 saturated heterocycles. The van der Waals surface area contributed by atoms with Crippen LogP contribution in [0.4, 0.5) is 11.4 Å². The van der Waals surface area contributed by atoms with Crippen LogP contribution in [-0.2, 0) is 20.2 Å². The Bertz CT molecular complexity index is 1600. The molecule has 0 heterocycles. The second-order valence-electron chi connectivity index (χ2n) is 6.60. The van der Waals surface area contributed by atoms with Gasteiger partial charge in [0.2, 0.25) is 0 Å². The summed E-state index contributed by atoms with van der Waals surface area (Å²) < 4.78 is 66.0. The molecule has 0 radical (unpaired) electrons. The van der Waals surface area contributed by atoms with E-state index >= 15 is 0 Å². The number of hydrogen-bond acceptors (Lipinski definition) is 7. The summed E-state index contributed by atoms with van der Waals surface area (Å²) in [6.45, 7) is 0. The van der Waals surface area contributed by atoms with Gasteiger partial charge in [0.25, 0.3) is 20.2 Å². The van der Waals surface area contributed by atoms with Gasteiger partial charge in [-0.2, -0.15) is 16.8 Å². The van der Waals surface area contributed by atoms with Gasteiger partial charge < -0.3 is 5.11 Å². The molecule has 4 aromatic carbocycles. The molecule has 3 N–H and O–H groups in total. The molecular formula is C20H16N2Na2O7S2. The van der Waals surface area contributed by atoms with Crippen molar-refractivity contribution in [2.75, 3.05) is 0 Å². The van der Waals surface area contributed by atoms with Gasteiger partial charge in [-0.25, -0.2) is 0 Å². The molecule has 0 unspecified atom stereocenters. The Kier molecular flexibility index (Phi) is 8.85. The zero-order chi connectivity index (χ0) is 22.4. The summed E-state index contributed by atoms with van der Waals surface area (Å²) in [6, 6.07) is 16.6. The van der Waals surface area contributed by atoms with Crippen molar-refractivity contribution in [2.45, 2.75) is 9.79 Å². The van der Waals surface area contributed by atoms with Gasteiger partial charge in [-0.1, -0.05) is 42.5 Å². The fourth-order valence-electron chi connectivity index (χ4n) is 3.22. The first-order valence-corrected chi connectivity index (χ1v) is 11.6. The maximum absolute atomic E-state index is 12.0. The fraction of sp³-hybridized carbons (Fsp3) is 0. The number of phenols is 1. The molecular weight excluding hydrogens is 490 g/mol. The molecule has 0 aliphatic rings. The van der Waals surface area contributed by atoms with Gasteiger partial charge in [0.05, 0.1) is 10.6 Å². The van der Waals surface area contributed by atoms with E-state index < -0.39 is 35.8 Å². The van der Waals surface area contributed by atoms with E-state index in [1.807, 2.05) is 30.3 Å². The topological polar surface area (TPSA) is 154 Å². The van der Waals surface area contributed by atoms with Crippen molar-refractivity contribution in [1.82, 2.24) is 0 Å².